The van der Waals surface area contributed by atoms with Gasteiger partial charge < -0.3 is 9.47 Å². The molecule has 0 aromatic heterocycles. The molecule has 16 heavy (non-hydrogen) atoms. The number of hydrogen-bond acceptors (Lipinski definition) is 3. The highest BCUT2D eigenvalue weighted by Crippen LogP contribution is 2.31. The molecule has 0 saturated carbocycles. The Hall–Kier alpha value is -0.810. The van der Waals surface area contributed by atoms with Crippen molar-refractivity contribution < 1.29 is 18.7 Å². The van der Waals surface area contributed by atoms with Crippen molar-refractivity contribution in [1.29, 1.82) is 0 Å². The first-order chi connectivity index (χ1) is 7.45. The largest absolute Gasteiger partial charge is 0.478 e. The van der Waals surface area contributed by atoms with Crippen LogP contribution in [0, 0.1) is 5.82 Å². The van der Waals surface area contributed by atoms with Gasteiger partial charge in [-0.25, -0.2) is 9.18 Å². The van der Waals surface area contributed by atoms with E-state index in [1.807, 2.05) is 0 Å². The molecule has 1 aromatic rings. The maximum Gasteiger partial charge on any atom is 0.346 e. The molecule has 6 heteroatoms. The van der Waals surface area contributed by atoms with E-state index >= 15 is 0 Å². The molecular formula is C10H9BrClFO3. The summed E-state index contributed by atoms with van der Waals surface area (Å²) in [5, 5.41) is -0.0232. The first-order valence-corrected chi connectivity index (χ1v) is 5.51. The quantitative estimate of drug-likeness (QED) is 0.635. The average Bonchev–Trinajstić information content (AvgIpc) is 2.24. The lowest BCUT2D eigenvalue weighted by molar-refractivity contribution is -0.147. The van der Waals surface area contributed by atoms with Crippen LogP contribution < -0.4 is 4.74 Å². The number of hydrogen-bond donors (Lipinski definition) is 0. The van der Waals surface area contributed by atoms with Crippen LogP contribution in [-0.4, -0.2) is 19.2 Å². The molecule has 0 aliphatic rings. The van der Waals surface area contributed by atoms with Crippen molar-refractivity contribution in [3.05, 3.63) is 27.4 Å². The minimum Gasteiger partial charge on any atom is -0.478 e. The number of ether oxygens (including phenoxy) is 2. The Morgan fingerprint density at radius 2 is 2.19 bits per heavy atom. The monoisotopic (exact) mass is 310 g/mol. The van der Waals surface area contributed by atoms with Gasteiger partial charge in [-0.05, 0) is 28.9 Å². The molecule has 0 fully saturated rings. The molecule has 0 radical (unpaired) electrons. The van der Waals surface area contributed by atoms with Gasteiger partial charge in [0.1, 0.15) is 11.6 Å². The minimum atomic E-state index is -0.818. The lowest BCUT2D eigenvalue weighted by Gasteiger charge is -2.13. The molecule has 1 aromatic carbocycles. The summed E-state index contributed by atoms with van der Waals surface area (Å²) in [4.78, 5) is 11.1. The smallest absolute Gasteiger partial charge is 0.346 e. The van der Waals surface area contributed by atoms with Crippen molar-refractivity contribution in [3.63, 3.8) is 0 Å². The second kappa shape index (κ2) is 5.50. The third kappa shape index (κ3) is 3.09. The second-order valence-electron chi connectivity index (χ2n) is 2.98. The predicted molar refractivity (Wildman–Crippen MR) is 61.2 cm³/mol. The predicted octanol–water partition coefficient (Wildman–Crippen LogP) is 3.18. The van der Waals surface area contributed by atoms with Crippen LogP contribution in [0.25, 0.3) is 0 Å². The normalized spacial score (nSPS) is 12.1. The summed E-state index contributed by atoms with van der Waals surface area (Å²) in [6.45, 7) is 1.50. The maximum atomic E-state index is 13.1. The molecule has 88 valence electrons. The van der Waals surface area contributed by atoms with E-state index in [1.54, 1.807) is 0 Å². The molecule has 0 saturated heterocycles. The number of carbonyl (C=O) groups excluding carboxylic acids is 1. The van der Waals surface area contributed by atoms with Crippen molar-refractivity contribution in [2.75, 3.05) is 7.11 Å². The van der Waals surface area contributed by atoms with Crippen molar-refractivity contribution in [3.8, 4) is 5.75 Å². The first-order valence-electron chi connectivity index (χ1n) is 4.34. The maximum absolute atomic E-state index is 13.1. The van der Waals surface area contributed by atoms with Gasteiger partial charge in [0.25, 0.3) is 0 Å². The molecule has 0 unspecified atom stereocenters. The highest BCUT2D eigenvalue weighted by Gasteiger charge is 2.17. The molecule has 0 bridgehead atoms. The fourth-order valence-electron chi connectivity index (χ4n) is 0.999. The zero-order valence-corrected chi connectivity index (χ0v) is 10.9. The molecule has 0 spiro atoms. The summed E-state index contributed by atoms with van der Waals surface area (Å²) in [6.07, 6.45) is -0.818. The zero-order chi connectivity index (χ0) is 12.3. The molecular weight excluding hydrogens is 302 g/mol. The highest BCUT2D eigenvalue weighted by atomic mass is 79.9. The molecule has 3 nitrogen and oxygen atoms in total. The lowest BCUT2D eigenvalue weighted by Crippen LogP contribution is -2.25. The molecule has 1 atom stereocenters. The Bertz CT molecular complexity index is 411. The van der Waals surface area contributed by atoms with Crippen LogP contribution in [0.2, 0.25) is 5.02 Å². The van der Waals surface area contributed by atoms with Gasteiger partial charge in [0, 0.05) is 6.07 Å². The summed E-state index contributed by atoms with van der Waals surface area (Å²) in [5.74, 6) is -0.959. The standard InChI is InChI=1S/C10H9BrClFO3/c1-5(10(14)15-2)16-9-4-8(13)7(12)3-6(9)11/h3-5H,1-2H3/t5-/m0/s1. The molecule has 0 N–H and O–H groups in total. The van der Waals surface area contributed by atoms with Crippen LogP contribution in [0.15, 0.2) is 16.6 Å². The van der Waals surface area contributed by atoms with Crippen LogP contribution >= 0.6 is 27.5 Å². The van der Waals surface area contributed by atoms with E-state index in [-0.39, 0.29) is 10.8 Å². The Morgan fingerprint density at radius 3 is 2.75 bits per heavy atom. The summed E-state index contributed by atoms with van der Waals surface area (Å²) >= 11 is 8.71. The van der Waals surface area contributed by atoms with Gasteiger partial charge in [-0.1, -0.05) is 11.6 Å². The zero-order valence-electron chi connectivity index (χ0n) is 8.59. The Balaban J connectivity index is 2.89. The third-order valence-electron chi connectivity index (χ3n) is 1.81. The SMILES string of the molecule is COC(=O)[C@H](C)Oc1cc(F)c(Cl)cc1Br. The number of halogens is 3. The van der Waals surface area contributed by atoms with E-state index in [2.05, 4.69) is 20.7 Å². The number of esters is 1. The number of carbonyl (C=O) groups is 1. The molecule has 0 heterocycles. The van der Waals surface area contributed by atoms with Crippen LogP contribution in [-0.2, 0) is 9.53 Å². The van der Waals surface area contributed by atoms with Gasteiger partial charge in [0.05, 0.1) is 16.6 Å². The van der Waals surface area contributed by atoms with Gasteiger partial charge in [0.2, 0.25) is 0 Å². The lowest BCUT2D eigenvalue weighted by atomic mass is 10.3. The number of benzene rings is 1. The van der Waals surface area contributed by atoms with Gasteiger partial charge in [-0.3, -0.25) is 0 Å². The topological polar surface area (TPSA) is 35.5 Å². The molecule has 0 aliphatic heterocycles. The molecule has 1 rings (SSSR count). The van der Waals surface area contributed by atoms with Gasteiger partial charge in [-0.2, -0.15) is 0 Å². The van der Waals surface area contributed by atoms with Gasteiger partial charge >= 0.3 is 5.97 Å². The summed E-state index contributed by atoms with van der Waals surface area (Å²) in [7, 11) is 1.25. The van der Waals surface area contributed by atoms with Crippen molar-refractivity contribution >= 4 is 33.5 Å². The fourth-order valence-corrected chi connectivity index (χ4v) is 1.73. The van der Waals surface area contributed by atoms with E-state index in [1.165, 1.54) is 20.1 Å². The number of rotatable bonds is 3. The van der Waals surface area contributed by atoms with Crippen molar-refractivity contribution in [2.24, 2.45) is 0 Å². The van der Waals surface area contributed by atoms with Crippen LogP contribution in [0.3, 0.4) is 0 Å². The van der Waals surface area contributed by atoms with Gasteiger partial charge in [-0.15, -0.1) is 0 Å². The van der Waals surface area contributed by atoms with Crippen molar-refractivity contribution in [2.45, 2.75) is 13.0 Å². The van der Waals surface area contributed by atoms with Gasteiger partial charge in [0.15, 0.2) is 6.10 Å². The Labute approximate surface area is 106 Å². The second-order valence-corrected chi connectivity index (χ2v) is 4.24. The highest BCUT2D eigenvalue weighted by molar-refractivity contribution is 9.10. The van der Waals surface area contributed by atoms with E-state index < -0.39 is 17.9 Å². The van der Waals surface area contributed by atoms with Crippen LogP contribution in [0.4, 0.5) is 4.39 Å². The minimum absolute atomic E-state index is 0.0232. The van der Waals surface area contributed by atoms with E-state index in [0.717, 1.165) is 6.07 Å². The third-order valence-corrected chi connectivity index (χ3v) is 2.72. The van der Waals surface area contributed by atoms with E-state index in [4.69, 9.17) is 16.3 Å². The first kappa shape index (κ1) is 13.3. The van der Waals surface area contributed by atoms with E-state index in [9.17, 15) is 9.18 Å². The summed E-state index contributed by atoms with van der Waals surface area (Å²) in [6, 6.07) is 2.46. The van der Waals surface area contributed by atoms with Crippen LogP contribution in [0.5, 0.6) is 5.75 Å². The summed E-state index contributed by atoms with van der Waals surface area (Å²) in [5.41, 5.74) is 0. The number of methoxy groups -OCH3 is 1. The summed E-state index contributed by atoms with van der Waals surface area (Å²) < 4.78 is 23.3. The molecule has 0 aliphatic carbocycles. The fraction of sp³-hybridized carbons (Fsp3) is 0.300. The van der Waals surface area contributed by atoms with Crippen LogP contribution in [0.1, 0.15) is 6.92 Å². The molecule has 0 amide bonds. The Kier molecular flexibility index (Phi) is 4.56. The van der Waals surface area contributed by atoms with Crippen molar-refractivity contribution in [1.82, 2.24) is 0 Å². The van der Waals surface area contributed by atoms with E-state index in [0.29, 0.717) is 4.47 Å². The average molecular weight is 312 g/mol. The Morgan fingerprint density at radius 1 is 1.56 bits per heavy atom.